The van der Waals surface area contributed by atoms with Gasteiger partial charge in [-0.1, -0.05) is 0 Å². The molecule has 0 saturated heterocycles. The quantitative estimate of drug-likeness (QED) is 0.763. The van der Waals surface area contributed by atoms with Crippen LogP contribution in [-0.2, 0) is 13.0 Å². The van der Waals surface area contributed by atoms with E-state index in [1.807, 2.05) is 22.8 Å². The standard InChI is InChI=1S/C17H15N5O3S/c23-15(19-17-21-20-14-3-1-2-6-22(14)17)13-8-18-16(26-13)10-4-5-11-12(7-10)25-9-24-11/h4-5,7-8H,1-3,6,9H2,(H,19,21,23). The number of hydrogen-bond acceptors (Lipinski definition) is 7. The van der Waals surface area contributed by atoms with Crippen molar-refractivity contribution in [3.05, 3.63) is 35.1 Å². The van der Waals surface area contributed by atoms with Crippen molar-refractivity contribution >= 4 is 23.2 Å². The van der Waals surface area contributed by atoms with Crippen LogP contribution in [0.5, 0.6) is 11.5 Å². The van der Waals surface area contributed by atoms with E-state index in [0.717, 1.165) is 48.0 Å². The zero-order chi connectivity index (χ0) is 17.5. The Balaban J connectivity index is 1.36. The van der Waals surface area contributed by atoms with E-state index in [0.29, 0.717) is 16.6 Å². The number of nitrogens with zero attached hydrogens (tertiary/aromatic N) is 4. The van der Waals surface area contributed by atoms with Gasteiger partial charge in [0, 0.05) is 18.5 Å². The first-order chi connectivity index (χ1) is 12.8. The van der Waals surface area contributed by atoms with E-state index in [9.17, 15) is 4.79 Å². The molecule has 0 unspecified atom stereocenters. The number of thiazole rings is 1. The summed E-state index contributed by atoms with van der Waals surface area (Å²) in [5, 5.41) is 11.8. The molecule has 0 saturated carbocycles. The summed E-state index contributed by atoms with van der Waals surface area (Å²) in [6.45, 7) is 1.07. The summed E-state index contributed by atoms with van der Waals surface area (Å²) in [6.07, 6.45) is 4.66. The van der Waals surface area contributed by atoms with Crippen molar-refractivity contribution in [2.75, 3.05) is 12.1 Å². The molecule has 4 heterocycles. The van der Waals surface area contributed by atoms with E-state index in [1.54, 1.807) is 6.20 Å². The first kappa shape index (κ1) is 15.3. The maximum atomic E-state index is 12.6. The fourth-order valence-corrected chi connectivity index (χ4v) is 3.91. The third-order valence-corrected chi connectivity index (χ3v) is 5.48. The van der Waals surface area contributed by atoms with Crippen molar-refractivity contribution in [1.82, 2.24) is 19.7 Å². The number of aryl methyl sites for hydroxylation is 1. The fraction of sp³-hybridized carbons (Fsp3) is 0.294. The number of carbonyl (C=O) groups is 1. The van der Waals surface area contributed by atoms with Crippen LogP contribution in [0.25, 0.3) is 10.6 Å². The SMILES string of the molecule is O=C(Nc1nnc2n1CCCC2)c1cnc(-c2ccc3c(c2)OCO3)s1. The molecule has 0 bridgehead atoms. The van der Waals surface area contributed by atoms with E-state index >= 15 is 0 Å². The predicted octanol–water partition coefficient (Wildman–Crippen LogP) is 2.72. The van der Waals surface area contributed by atoms with Gasteiger partial charge in [-0.25, -0.2) is 4.98 Å². The van der Waals surface area contributed by atoms with Crippen molar-refractivity contribution in [3.8, 4) is 22.1 Å². The maximum absolute atomic E-state index is 12.6. The van der Waals surface area contributed by atoms with Crippen LogP contribution in [0.1, 0.15) is 28.3 Å². The highest BCUT2D eigenvalue weighted by atomic mass is 32.1. The van der Waals surface area contributed by atoms with Crippen molar-refractivity contribution < 1.29 is 14.3 Å². The van der Waals surface area contributed by atoms with Crippen molar-refractivity contribution in [2.24, 2.45) is 0 Å². The molecule has 2 aromatic heterocycles. The Morgan fingerprint density at radius 2 is 2.12 bits per heavy atom. The number of carbonyl (C=O) groups excluding carboxylic acids is 1. The average molecular weight is 369 g/mol. The van der Waals surface area contributed by atoms with Gasteiger partial charge >= 0.3 is 0 Å². The summed E-state index contributed by atoms with van der Waals surface area (Å²) in [5.74, 6) is 2.62. The molecule has 3 aromatic rings. The highest BCUT2D eigenvalue weighted by molar-refractivity contribution is 7.17. The second-order valence-electron chi connectivity index (χ2n) is 6.10. The molecule has 1 N–H and O–H groups in total. The molecule has 0 spiro atoms. The zero-order valence-electron chi connectivity index (χ0n) is 13.8. The summed E-state index contributed by atoms with van der Waals surface area (Å²) >= 11 is 1.32. The summed E-state index contributed by atoms with van der Waals surface area (Å²) in [5.41, 5.74) is 0.887. The molecule has 1 aromatic carbocycles. The molecule has 8 nitrogen and oxygen atoms in total. The number of fused-ring (bicyclic) bond motifs is 2. The van der Waals surface area contributed by atoms with Crippen LogP contribution in [0.2, 0.25) is 0 Å². The molecule has 26 heavy (non-hydrogen) atoms. The molecule has 0 fully saturated rings. The van der Waals surface area contributed by atoms with Gasteiger partial charge < -0.3 is 9.47 Å². The second-order valence-corrected chi connectivity index (χ2v) is 7.13. The molecule has 1 amide bonds. The zero-order valence-corrected chi connectivity index (χ0v) is 14.6. The highest BCUT2D eigenvalue weighted by Crippen LogP contribution is 2.37. The lowest BCUT2D eigenvalue weighted by atomic mass is 10.2. The lowest BCUT2D eigenvalue weighted by molar-refractivity contribution is 0.102. The number of anilines is 1. The number of ether oxygens (including phenoxy) is 2. The Bertz CT molecular complexity index is 996. The summed E-state index contributed by atoms with van der Waals surface area (Å²) in [4.78, 5) is 17.5. The van der Waals surface area contributed by atoms with Crippen LogP contribution < -0.4 is 14.8 Å². The van der Waals surface area contributed by atoms with E-state index in [1.165, 1.54) is 11.3 Å². The smallest absolute Gasteiger partial charge is 0.269 e. The van der Waals surface area contributed by atoms with Gasteiger partial charge in [-0.3, -0.25) is 14.7 Å². The number of nitrogens with one attached hydrogen (secondary N) is 1. The molecule has 5 rings (SSSR count). The van der Waals surface area contributed by atoms with Crippen LogP contribution >= 0.6 is 11.3 Å². The van der Waals surface area contributed by atoms with Crippen LogP contribution in [0.4, 0.5) is 5.95 Å². The Kier molecular flexibility index (Phi) is 3.59. The van der Waals surface area contributed by atoms with E-state index < -0.39 is 0 Å². The number of rotatable bonds is 3. The van der Waals surface area contributed by atoms with Crippen molar-refractivity contribution in [1.29, 1.82) is 0 Å². The lowest BCUT2D eigenvalue weighted by Gasteiger charge is -2.14. The topological polar surface area (TPSA) is 91.2 Å². The van der Waals surface area contributed by atoms with E-state index in [4.69, 9.17) is 9.47 Å². The lowest BCUT2D eigenvalue weighted by Crippen LogP contribution is -2.18. The van der Waals surface area contributed by atoms with Crippen LogP contribution in [0.15, 0.2) is 24.4 Å². The molecular weight excluding hydrogens is 354 g/mol. The third kappa shape index (κ3) is 2.60. The van der Waals surface area contributed by atoms with Gasteiger partial charge in [0.05, 0.1) is 6.20 Å². The summed E-state index contributed by atoms with van der Waals surface area (Å²) in [6, 6.07) is 5.63. The average Bonchev–Trinajstić information content (AvgIpc) is 3.40. The Labute approximate surface area is 152 Å². The fourth-order valence-electron chi connectivity index (χ4n) is 3.11. The second kappa shape index (κ2) is 6.10. The minimum absolute atomic E-state index is 0.227. The maximum Gasteiger partial charge on any atom is 0.269 e. The monoisotopic (exact) mass is 369 g/mol. The summed E-state index contributed by atoms with van der Waals surface area (Å²) < 4.78 is 12.7. The largest absolute Gasteiger partial charge is 0.454 e. The number of amides is 1. The van der Waals surface area contributed by atoms with Crippen molar-refractivity contribution in [3.63, 3.8) is 0 Å². The number of benzene rings is 1. The molecule has 132 valence electrons. The molecule has 0 aliphatic carbocycles. The van der Waals surface area contributed by atoms with Gasteiger partial charge in [0.2, 0.25) is 12.7 Å². The van der Waals surface area contributed by atoms with Crippen LogP contribution in [-0.4, -0.2) is 32.4 Å². The molecule has 0 atom stereocenters. The molecule has 2 aliphatic heterocycles. The van der Waals surface area contributed by atoms with Gasteiger partial charge in [-0.15, -0.1) is 21.5 Å². The van der Waals surface area contributed by atoms with Gasteiger partial charge in [-0.2, -0.15) is 0 Å². The van der Waals surface area contributed by atoms with Crippen LogP contribution in [0, 0.1) is 0 Å². The van der Waals surface area contributed by atoms with Gasteiger partial charge in [0.15, 0.2) is 11.5 Å². The Morgan fingerprint density at radius 3 is 3.08 bits per heavy atom. The summed E-state index contributed by atoms with van der Waals surface area (Å²) in [7, 11) is 0. The van der Waals surface area contributed by atoms with E-state index in [2.05, 4.69) is 20.5 Å². The molecular formula is C17H15N5O3S. The van der Waals surface area contributed by atoms with Crippen LogP contribution in [0.3, 0.4) is 0 Å². The third-order valence-electron chi connectivity index (χ3n) is 4.43. The Hall–Kier alpha value is -2.94. The normalized spacial score (nSPS) is 14.9. The van der Waals surface area contributed by atoms with Gasteiger partial charge in [0.1, 0.15) is 15.7 Å². The van der Waals surface area contributed by atoms with Gasteiger partial charge in [-0.05, 0) is 31.0 Å². The van der Waals surface area contributed by atoms with E-state index in [-0.39, 0.29) is 12.7 Å². The Morgan fingerprint density at radius 1 is 1.19 bits per heavy atom. The first-order valence-corrected chi connectivity index (χ1v) is 9.19. The number of aromatic nitrogens is 4. The predicted molar refractivity (Wildman–Crippen MR) is 94.6 cm³/mol. The van der Waals surface area contributed by atoms with Gasteiger partial charge in [0.25, 0.3) is 5.91 Å². The highest BCUT2D eigenvalue weighted by Gasteiger charge is 2.20. The minimum Gasteiger partial charge on any atom is -0.454 e. The molecule has 0 radical (unpaired) electrons. The number of hydrogen-bond donors (Lipinski definition) is 1. The molecule has 2 aliphatic rings. The minimum atomic E-state index is -0.227. The van der Waals surface area contributed by atoms with Crippen molar-refractivity contribution in [2.45, 2.75) is 25.8 Å². The first-order valence-electron chi connectivity index (χ1n) is 8.37. The molecule has 9 heteroatoms.